The van der Waals surface area contributed by atoms with Gasteiger partial charge in [-0.25, -0.2) is 0 Å². The van der Waals surface area contributed by atoms with Crippen LogP contribution in [0.3, 0.4) is 0 Å². The molecule has 0 unspecified atom stereocenters. The van der Waals surface area contributed by atoms with Crippen molar-refractivity contribution >= 4 is 10.5 Å². The van der Waals surface area contributed by atoms with Crippen molar-refractivity contribution in [3.05, 3.63) is 12.6 Å². The predicted octanol–water partition coefficient (Wildman–Crippen LogP) is 1.70. The van der Waals surface area contributed by atoms with Crippen LogP contribution in [-0.4, -0.2) is 21.6 Å². The normalized spacial score (nSPS) is 9.85. The van der Waals surface area contributed by atoms with Crippen molar-refractivity contribution in [1.29, 1.82) is 0 Å². The van der Waals surface area contributed by atoms with Crippen LogP contribution in [0.2, 0.25) is 0 Å². The summed E-state index contributed by atoms with van der Waals surface area (Å²) < 4.78 is 48.5. The molecule has 0 radical (unpaired) electrons. The SMILES string of the molecule is C=C(F)OS(=O)(=O)F.CCOCC. The van der Waals surface area contributed by atoms with Crippen LogP contribution in [-0.2, 0) is 19.4 Å². The molecule has 80 valence electrons. The molecule has 4 nitrogen and oxygen atoms in total. The third-order valence-electron chi connectivity index (χ3n) is 0.598. The zero-order valence-electron chi connectivity index (χ0n) is 7.42. The van der Waals surface area contributed by atoms with Gasteiger partial charge in [0.1, 0.15) is 0 Å². The van der Waals surface area contributed by atoms with Crippen LogP contribution in [0.15, 0.2) is 12.6 Å². The van der Waals surface area contributed by atoms with E-state index in [0.717, 1.165) is 13.2 Å². The fourth-order valence-corrected chi connectivity index (χ4v) is 0.528. The van der Waals surface area contributed by atoms with Crippen LogP contribution in [0, 0.1) is 0 Å². The van der Waals surface area contributed by atoms with Crippen LogP contribution < -0.4 is 0 Å². The molecule has 0 aromatic heterocycles. The maximum atomic E-state index is 11.2. The van der Waals surface area contributed by atoms with Gasteiger partial charge < -0.3 is 8.92 Å². The molecular weight excluding hydrogens is 206 g/mol. The smallest absolute Gasteiger partial charge is 0.382 e. The van der Waals surface area contributed by atoms with E-state index in [4.69, 9.17) is 4.74 Å². The van der Waals surface area contributed by atoms with Crippen LogP contribution in [0.4, 0.5) is 8.28 Å². The van der Waals surface area contributed by atoms with Crippen molar-refractivity contribution in [3.63, 3.8) is 0 Å². The van der Waals surface area contributed by atoms with Crippen molar-refractivity contribution in [2.75, 3.05) is 13.2 Å². The maximum absolute atomic E-state index is 11.2. The highest BCUT2D eigenvalue weighted by Gasteiger charge is 2.08. The minimum atomic E-state index is -5.20. The molecule has 0 amide bonds. The molecule has 0 aromatic carbocycles. The molecule has 0 N–H and O–H groups in total. The summed E-state index contributed by atoms with van der Waals surface area (Å²) in [5, 5.41) is 0. The molecule has 0 heterocycles. The lowest BCUT2D eigenvalue weighted by molar-refractivity contribution is 0.162. The van der Waals surface area contributed by atoms with Gasteiger partial charge in [0, 0.05) is 13.2 Å². The average molecular weight is 218 g/mol. The van der Waals surface area contributed by atoms with Crippen molar-refractivity contribution in [2.45, 2.75) is 13.8 Å². The largest absolute Gasteiger partial charge is 0.490 e. The Labute approximate surface area is 76.6 Å². The lowest BCUT2D eigenvalue weighted by Gasteiger charge is -1.88. The van der Waals surface area contributed by atoms with Gasteiger partial charge in [0.15, 0.2) is 0 Å². The summed E-state index contributed by atoms with van der Waals surface area (Å²) in [6.07, 6.45) is 0. The molecule has 0 aliphatic carbocycles. The van der Waals surface area contributed by atoms with E-state index in [-0.39, 0.29) is 0 Å². The number of rotatable bonds is 4. The minimum Gasteiger partial charge on any atom is -0.382 e. The molecule has 0 saturated heterocycles. The summed E-state index contributed by atoms with van der Waals surface area (Å²) in [6.45, 7) is 8.00. The van der Waals surface area contributed by atoms with E-state index in [1.165, 1.54) is 0 Å². The van der Waals surface area contributed by atoms with E-state index >= 15 is 0 Å². The van der Waals surface area contributed by atoms with Gasteiger partial charge in [-0.2, -0.15) is 12.8 Å². The fourth-order valence-electron chi connectivity index (χ4n) is 0.312. The standard InChI is InChI=1S/C4H10O.C2H2F2O3S/c1-3-5-4-2;1-2(3)7-8(4,5)6/h3-4H2,1-2H3;1H2. The molecule has 0 aromatic rings. The first kappa shape index (κ1) is 14.8. The van der Waals surface area contributed by atoms with Crippen LogP contribution in [0.1, 0.15) is 13.8 Å². The molecule has 0 saturated carbocycles. The maximum Gasteiger partial charge on any atom is 0.490 e. The number of halogens is 2. The summed E-state index contributed by atoms with van der Waals surface area (Å²) in [5.41, 5.74) is 0. The van der Waals surface area contributed by atoms with Crippen molar-refractivity contribution in [1.82, 2.24) is 0 Å². The summed E-state index contributed by atoms with van der Waals surface area (Å²) >= 11 is 0. The highest BCUT2D eigenvalue weighted by molar-refractivity contribution is 7.81. The first-order valence-electron chi connectivity index (χ1n) is 3.39. The highest BCUT2D eigenvalue weighted by atomic mass is 32.3. The van der Waals surface area contributed by atoms with Gasteiger partial charge >= 0.3 is 10.5 Å². The van der Waals surface area contributed by atoms with Gasteiger partial charge in [-0.05, 0) is 20.4 Å². The summed E-state index contributed by atoms with van der Waals surface area (Å²) in [5.74, 6) is 0. The Morgan fingerprint density at radius 1 is 1.38 bits per heavy atom. The zero-order valence-corrected chi connectivity index (χ0v) is 8.23. The van der Waals surface area contributed by atoms with Gasteiger partial charge in [0.25, 0.3) is 6.01 Å². The van der Waals surface area contributed by atoms with E-state index in [1.807, 2.05) is 13.8 Å². The van der Waals surface area contributed by atoms with Crippen molar-refractivity contribution in [2.24, 2.45) is 0 Å². The summed E-state index contributed by atoms with van der Waals surface area (Å²) in [4.78, 5) is 0. The first-order chi connectivity index (χ1) is 5.83. The van der Waals surface area contributed by atoms with Gasteiger partial charge in [0.2, 0.25) is 0 Å². The summed E-state index contributed by atoms with van der Waals surface area (Å²) in [6, 6.07) is -1.69. The van der Waals surface area contributed by atoms with E-state index in [0.29, 0.717) is 0 Å². The molecule has 0 fully saturated rings. The molecule has 0 rings (SSSR count). The second-order valence-electron chi connectivity index (χ2n) is 1.61. The van der Waals surface area contributed by atoms with E-state index in [1.54, 1.807) is 0 Å². The van der Waals surface area contributed by atoms with E-state index in [9.17, 15) is 16.7 Å². The van der Waals surface area contributed by atoms with E-state index < -0.39 is 16.5 Å². The number of ether oxygens (including phenoxy) is 1. The quantitative estimate of drug-likeness (QED) is 0.532. The third kappa shape index (κ3) is 24.6. The molecule has 0 aliphatic rings. The highest BCUT2D eigenvalue weighted by Crippen LogP contribution is 2.02. The Morgan fingerprint density at radius 2 is 1.77 bits per heavy atom. The molecule has 0 spiro atoms. The van der Waals surface area contributed by atoms with Gasteiger partial charge in [-0.15, -0.1) is 0 Å². The molecule has 13 heavy (non-hydrogen) atoms. The molecule has 0 atom stereocenters. The molecule has 7 heteroatoms. The average Bonchev–Trinajstić information content (AvgIpc) is 1.84. The van der Waals surface area contributed by atoms with Gasteiger partial charge in [-0.3, -0.25) is 0 Å². The Balaban J connectivity index is 0. The predicted molar refractivity (Wildman–Crippen MR) is 43.5 cm³/mol. The number of hydrogen-bond acceptors (Lipinski definition) is 4. The monoisotopic (exact) mass is 218 g/mol. The third-order valence-corrected chi connectivity index (χ3v) is 0.978. The van der Waals surface area contributed by atoms with Crippen LogP contribution in [0.25, 0.3) is 0 Å². The van der Waals surface area contributed by atoms with Crippen molar-refractivity contribution in [3.8, 4) is 0 Å². The second kappa shape index (κ2) is 7.93. The van der Waals surface area contributed by atoms with Gasteiger partial charge in [-0.1, -0.05) is 3.89 Å². The minimum absolute atomic E-state index is 0.844. The molecular formula is C6H12F2O4S. The molecule has 0 bridgehead atoms. The zero-order chi connectivity index (χ0) is 10.9. The molecule has 0 aliphatic heterocycles. The van der Waals surface area contributed by atoms with Crippen molar-refractivity contribution < 1.29 is 25.6 Å². The fraction of sp³-hybridized carbons (Fsp3) is 0.667. The second-order valence-corrected chi connectivity index (χ2v) is 2.57. The van der Waals surface area contributed by atoms with Crippen LogP contribution in [0.5, 0.6) is 0 Å². The Bertz CT molecular complexity index is 223. The first-order valence-corrected chi connectivity index (χ1v) is 4.70. The van der Waals surface area contributed by atoms with Crippen LogP contribution >= 0.6 is 0 Å². The lowest BCUT2D eigenvalue weighted by Crippen LogP contribution is -1.92. The summed E-state index contributed by atoms with van der Waals surface area (Å²) in [7, 11) is -5.20. The lowest BCUT2D eigenvalue weighted by atomic mass is 10.8. The Kier molecular flexibility index (Phi) is 9.04. The Morgan fingerprint density at radius 3 is 1.77 bits per heavy atom. The van der Waals surface area contributed by atoms with E-state index in [2.05, 4.69) is 10.8 Å². The number of hydrogen-bond donors (Lipinski definition) is 0. The Hall–Kier alpha value is -0.690. The topological polar surface area (TPSA) is 52.6 Å². The van der Waals surface area contributed by atoms with Gasteiger partial charge in [0.05, 0.1) is 0 Å².